The highest BCUT2D eigenvalue weighted by Crippen LogP contribution is 2.26. The van der Waals surface area contributed by atoms with Crippen LogP contribution in [0, 0.1) is 0 Å². The van der Waals surface area contributed by atoms with Crippen LogP contribution >= 0.6 is 0 Å². The van der Waals surface area contributed by atoms with Crippen molar-refractivity contribution in [2.45, 2.75) is 39.0 Å². The van der Waals surface area contributed by atoms with Crippen molar-refractivity contribution in [2.24, 2.45) is 0 Å². The molecule has 8 nitrogen and oxygen atoms in total. The molecule has 2 aliphatic heterocycles. The quantitative estimate of drug-likeness (QED) is 0.727. The molecule has 2 aromatic rings. The molecule has 2 heterocycles. The maximum absolute atomic E-state index is 12.8. The van der Waals surface area contributed by atoms with Gasteiger partial charge in [0.1, 0.15) is 6.10 Å². The van der Waals surface area contributed by atoms with E-state index in [1.807, 2.05) is 42.5 Å². The Morgan fingerprint density at radius 1 is 0.970 bits per heavy atom. The van der Waals surface area contributed by atoms with Gasteiger partial charge in [-0.1, -0.05) is 24.3 Å². The lowest BCUT2D eigenvalue weighted by atomic mass is 10.1. The second-order valence-electron chi connectivity index (χ2n) is 8.85. The molecule has 1 unspecified atom stereocenters. The average molecular weight is 451 g/mol. The summed E-state index contributed by atoms with van der Waals surface area (Å²) in [5.74, 6) is -0.157. The highest BCUT2D eigenvalue weighted by atomic mass is 16.6. The van der Waals surface area contributed by atoms with Gasteiger partial charge in [-0.05, 0) is 49.2 Å². The number of hydrogen-bond acceptors (Lipinski definition) is 6. The molecule has 0 aliphatic carbocycles. The number of piperazine rings is 1. The molecular weight excluding hydrogens is 420 g/mol. The van der Waals surface area contributed by atoms with Crippen molar-refractivity contribution in [1.82, 2.24) is 10.6 Å². The molecular formula is C25H30N4O4. The van der Waals surface area contributed by atoms with Crippen LogP contribution in [0.1, 0.15) is 20.8 Å². The van der Waals surface area contributed by atoms with E-state index < -0.39 is 6.09 Å². The van der Waals surface area contributed by atoms with E-state index >= 15 is 0 Å². The molecule has 174 valence electrons. The summed E-state index contributed by atoms with van der Waals surface area (Å²) < 4.78 is 5.33. The van der Waals surface area contributed by atoms with E-state index in [1.165, 1.54) is 6.92 Å². The largest absolute Gasteiger partial charge is 0.442 e. The minimum Gasteiger partial charge on any atom is -0.442 e. The molecule has 3 atom stereocenters. The summed E-state index contributed by atoms with van der Waals surface area (Å²) in [5.41, 5.74) is 3.31. The molecule has 0 radical (unpaired) electrons. The molecule has 0 spiro atoms. The van der Waals surface area contributed by atoms with Crippen molar-refractivity contribution in [3.8, 4) is 11.1 Å². The maximum Gasteiger partial charge on any atom is 0.414 e. The Kier molecular flexibility index (Phi) is 6.65. The Morgan fingerprint density at radius 2 is 1.58 bits per heavy atom. The monoisotopic (exact) mass is 450 g/mol. The zero-order valence-corrected chi connectivity index (χ0v) is 19.2. The summed E-state index contributed by atoms with van der Waals surface area (Å²) in [6.07, 6.45) is -0.803. The van der Waals surface area contributed by atoms with Crippen LogP contribution in [0.25, 0.3) is 11.1 Å². The number of amides is 2. The highest BCUT2D eigenvalue weighted by Gasteiger charge is 2.32. The topological polar surface area (TPSA) is 91.0 Å². The van der Waals surface area contributed by atoms with E-state index in [-0.39, 0.29) is 17.4 Å². The SMILES string of the molecule is CC(=O)NCC1CN(c2ccc(-c3ccc(N4C[C@@H](C)N[C@@H](C)C4)c(=O)cc3)cc2)C(=O)O1. The van der Waals surface area contributed by atoms with Gasteiger partial charge in [-0.3, -0.25) is 14.5 Å². The number of nitrogens with zero attached hydrogens (tertiary/aromatic N) is 2. The Labute approximate surface area is 193 Å². The number of ether oxygens (including phenoxy) is 1. The van der Waals surface area contributed by atoms with Gasteiger partial charge in [0.2, 0.25) is 11.3 Å². The molecule has 2 fully saturated rings. The van der Waals surface area contributed by atoms with Gasteiger partial charge in [0.05, 0.1) is 18.8 Å². The first-order valence-corrected chi connectivity index (χ1v) is 11.3. The summed E-state index contributed by atoms with van der Waals surface area (Å²) in [6, 6.07) is 15.6. The molecule has 33 heavy (non-hydrogen) atoms. The van der Waals surface area contributed by atoms with Crippen molar-refractivity contribution < 1.29 is 14.3 Å². The fourth-order valence-corrected chi connectivity index (χ4v) is 4.46. The third kappa shape index (κ3) is 5.34. The molecule has 4 rings (SSSR count). The fourth-order valence-electron chi connectivity index (χ4n) is 4.46. The van der Waals surface area contributed by atoms with Crippen molar-refractivity contribution in [3.05, 3.63) is 58.8 Å². The average Bonchev–Trinajstić information content (AvgIpc) is 3.02. The lowest BCUT2D eigenvalue weighted by Gasteiger charge is -2.37. The standard InChI is InChI=1S/C25H30N4O4/c1-16-13-28(14-17(2)27-16)23-10-6-20(7-11-24(23)31)19-4-8-21(9-5-19)29-15-22(33-25(29)32)12-26-18(3)30/h4-11,16-17,22,27H,12-15H2,1-3H3,(H,26,30)/t16-,17+,22?. The first-order chi connectivity index (χ1) is 15.8. The first-order valence-electron chi connectivity index (χ1n) is 11.3. The number of carbonyl (C=O) groups is 2. The summed E-state index contributed by atoms with van der Waals surface area (Å²) >= 11 is 0. The number of rotatable bonds is 5. The number of carbonyl (C=O) groups excluding carboxylic acids is 2. The number of benzene rings is 1. The molecule has 0 aromatic heterocycles. The van der Waals surface area contributed by atoms with Crippen molar-refractivity contribution >= 4 is 23.4 Å². The highest BCUT2D eigenvalue weighted by molar-refractivity contribution is 5.90. The van der Waals surface area contributed by atoms with E-state index in [1.54, 1.807) is 11.0 Å². The molecule has 2 N–H and O–H groups in total. The van der Waals surface area contributed by atoms with Crippen LogP contribution in [0.15, 0.2) is 53.3 Å². The fraction of sp³-hybridized carbons (Fsp3) is 0.400. The van der Waals surface area contributed by atoms with Crippen LogP contribution in [-0.4, -0.2) is 56.4 Å². The van der Waals surface area contributed by atoms with E-state index in [4.69, 9.17) is 4.74 Å². The van der Waals surface area contributed by atoms with Gasteiger partial charge in [-0.25, -0.2) is 4.79 Å². The Balaban J connectivity index is 1.50. The van der Waals surface area contributed by atoms with Crippen LogP contribution in [-0.2, 0) is 9.53 Å². The maximum atomic E-state index is 12.8. The van der Waals surface area contributed by atoms with Crippen LogP contribution in [0.4, 0.5) is 16.2 Å². The molecule has 2 aromatic carbocycles. The zero-order chi connectivity index (χ0) is 23.5. The van der Waals surface area contributed by atoms with E-state index in [0.717, 1.165) is 29.9 Å². The van der Waals surface area contributed by atoms with E-state index in [0.29, 0.717) is 30.9 Å². The van der Waals surface area contributed by atoms with Crippen molar-refractivity contribution in [3.63, 3.8) is 0 Å². The summed E-state index contributed by atoms with van der Waals surface area (Å²) in [5, 5.41) is 6.17. The number of nitrogens with one attached hydrogen (secondary N) is 2. The van der Waals surface area contributed by atoms with Gasteiger partial charge in [0.15, 0.2) is 0 Å². The van der Waals surface area contributed by atoms with Gasteiger partial charge in [-0.15, -0.1) is 0 Å². The summed E-state index contributed by atoms with van der Waals surface area (Å²) in [6.45, 7) is 7.94. The third-order valence-corrected chi connectivity index (χ3v) is 5.95. The Morgan fingerprint density at radius 3 is 2.21 bits per heavy atom. The predicted octanol–water partition coefficient (Wildman–Crippen LogP) is 2.36. The number of hydrogen-bond donors (Lipinski definition) is 2. The first kappa shape index (κ1) is 22.8. The molecule has 2 aliphatic rings. The van der Waals surface area contributed by atoms with Crippen LogP contribution in [0.5, 0.6) is 0 Å². The lowest BCUT2D eigenvalue weighted by Crippen LogP contribution is -2.55. The summed E-state index contributed by atoms with van der Waals surface area (Å²) in [7, 11) is 0. The van der Waals surface area contributed by atoms with Crippen molar-refractivity contribution in [1.29, 1.82) is 0 Å². The Hall–Kier alpha value is -3.39. The van der Waals surface area contributed by atoms with Crippen LogP contribution in [0.2, 0.25) is 0 Å². The minimum absolute atomic E-state index is 0.00388. The molecule has 8 heteroatoms. The molecule has 0 bridgehead atoms. The van der Waals surface area contributed by atoms with Gasteiger partial charge in [0, 0.05) is 37.8 Å². The predicted molar refractivity (Wildman–Crippen MR) is 129 cm³/mol. The minimum atomic E-state index is -0.427. The van der Waals surface area contributed by atoms with Crippen molar-refractivity contribution in [2.75, 3.05) is 36.0 Å². The molecule has 0 saturated carbocycles. The van der Waals surface area contributed by atoms with Crippen LogP contribution < -0.4 is 25.9 Å². The van der Waals surface area contributed by atoms with E-state index in [2.05, 4.69) is 29.4 Å². The third-order valence-electron chi connectivity index (χ3n) is 5.95. The number of anilines is 2. The Bertz CT molecular complexity index is 1080. The summed E-state index contributed by atoms with van der Waals surface area (Å²) in [4.78, 5) is 39.8. The smallest absolute Gasteiger partial charge is 0.414 e. The second-order valence-corrected chi connectivity index (χ2v) is 8.85. The normalized spacial score (nSPS) is 22.8. The van der Waals surface area contributed by atoms with E-state index in [9.17, 15) is 14.4 Å². The second kappa shape index (κ2) is 9.62. The van der Waals surface area contributed by atoms with Gasteiger partial charge in [-0.2, -0.15) is 0 Å². The van der Waals surface area contributed by atoms with Crippen LogP contribution in [0.3, 0.4) is 0 Å². The molecule has 2 saturated heterocycles. The van der Waals surface area contributed by atoms with Gasteiger partial charge >= 0.3 is 6.09 Å². The van der Waals surface area contributed by atoms with Gasteiger partial charge < -0.3 is 20.3 Å². The zero-order valence-electron chi connectivity index (χ0n) is 19.2. The molecule has 2 amide bonds. The number of cyclic esters (lactones) is 1. The van der Waals surface area contributed by atoms with Gasteiger partial charge in [0.25, 0.3) is 0 Å². The lowest BCUT2D eigenvalue weighted by molar-refractivity contribution is -0.119.